The Hall–Kier alpha value is -1.39. The Labute approximate surface area is 88.6 Å². The maximum absolute atomic E-state index is 10.9. The highest BCUT2D eigenvalue weighted by atomic mass is 16.4. The molecule has 0 fully saturated rings. The molecule has 0 radical (unpaired) electrons. The summed E-state index contributed by atoms with van der Waals surface area (Å²) in [7, 11) is 0. The summed E-state index contributed by atoms with van der Waals surface area (Å²) in [6, 6.07) is 9.45. The van der Waals surface area contributed by atoms with Crippen LogP contribution in [0.4, 0.5) is 0 Å². The Morgan fingerprint density at radius 2 is 2.00 bits per heavy atom. The van der Waals surface area contributed by atoms with E-state index in [0.29, 0.717) is 6.54 Å². The van der Waals surface area contributed by atoms with E-state index in [4.69, 9.17) is 10.2 Å². The van der Waals surface area contributed by atoms with E-state index in [1.165, 1.54) is 6.92 Å². The molecular formula is C11H15NO3. The molecule has 82 valence electrons. The smallest absolute Gasteiger partial charge is 0.326 e. The molecule has 0 unspecified atom stereocenters. The van der Waals surface area contributed by atoms with Gasteiger partial charge in [-0.15, -0.1) is 0 Å². The van der Waals surface area contributed by atoms with Crippen molar-refractivity contribution in [2.45, 2.75) is 19.0 Å². The summed E-state index contributed by atoms with van der Waals surface area (Å²) in [5, 5.41) is 20.7. The van der Waals surface area contributed by atoms with Crippen LogP contribution >= 0.6 is 0 Å². The van der Waals surface area contributed by atoms with Crippen LogP contribution in [0.5, 0.6) is 0 Å². The zero-order valence-corrected chi connectivity index (χ0v) is 8.60. The first-order chi connectivity index (χ1) is 7.08. The first kappa shape index (κ1) is 11.7. The summed E-state index contributed by atoms with van der Waals surface area (Å²) < 4.78 is 0. The summed E-state index contributed by atoms with van der Waals surface area (Å²) in [6.07, 6.45) is 0. The summed E-state index contributed by atoms with van der Waals surface area (Å²) in [6.45, 7) is 1.44. The quantitative estimate of drug-likeness (QED) is 0.664. The van der Waals surface area contributed by atoms with Crippen molar-refractivity contribution >= 4 is 5.97 Å². The van der Waals surface area contributed by atoms with E-state index in [1.807, 2.05) is 30.3 Å². The molecule has 0 spiro atoms. The Morgan fingerprint density at radius 3 is 2.47 bits per heavy atom. The number of hydrogen-bond donors (Lipinski definition) is 3. The lowest BCUT2D eigenvalue weighted by atomic mass is 10.0. The maximum atomic E-state index is 10.9. The van der Waals surface area contributed by atoms with Crippen molar-refractivity contribution in [2.24, 2.45) is 0 Å². The van der Waals surface area contributed by atoms with Gasteiger partial charge in [0.2, 0.25) is 0 Å². The molecule has 4 heteroatoms. The number of hydrogen-bond acceptors (Lipinski definition) is 3. The van der Waals surface area contributed by atoms with Gasteiger partial charge < -0.3 is 10.2 Å². The van der Waals surface area contributed by atoms with Gasteiger partial charge in [-0.3, -0.25) is 10.1 Å². The van der Waals surface area contributed by atoms with Crippen LogP contribution in [0.3, 0.4) is 0 Å². The fourth-order valence-electron chi connectivity index (χ4n) is 1.09. The number of nitrogens with one attached hydrogen (secondary N) is 1. The van der Waals surface area contributed by atoms with Crippen molar-refractivity contribution in [3.05, 3.63) is 35.9 Å². The van der Waals surface area contributed by atoms with E-state index in [-0.39, 0.29) is 0 Å². The van der Waals surface area contributed by atoms with Crippen molar-refractivity contribution in [1.29, 1.82) is 0 Å². The molecule has 0 saturated carbocycles. The van der Waals surface area contributed by atoms with Crippen molar-refractivity contribution in [3.63, 3.8) is 0 Å². The minimum Gasteiger partial charge on any atom is -0.480 e. The van der Waals surface area contributed by atoms with E-state index < -0.39 is 18.1 Å². The van der Waals surface area contributed by atoms with E-state index >= 15 is 0 Å². The number of benzene rings is 1. The molecule has 0 amide bonds. The molecule has 1 aromatic rings. The van der Waals surface area contributed by atoms with Gasteiger partial charge in [0.25, 0.3) is 0 Å². The molecule has 3 N–H and O–H groups in total. The van der Waals surface area contributed by atoms with Gasteiger partial charge in [-0.25, -0.2) is 0 Å². The summed E-state index contributed by atoms with van der Waals surface area (Å²) >= 11 is 0. The first-order valence-electron chi connectivity index (χ1n) is 4.72. The van der Waals surface area contributed by atoms with E-state index in [2.05, 4.69) is 5.32 Å². The number of carboxylic acid groups (broad SMARTS) is 1. The molecule has 0 aliphatic carbocycles. The molecular weight excluding hydrogens is 194 g/mol. The van der Waals surface area contributed by atoms with Gasteiger partial charge in [0.15, 0.2) is 0 Å². The minimum atomic E-state index is -1.28. The van der Waals surface area contributed by atoms with E-state index in [1.54, 1.807) is 0 Å². The Morgan fingerprint density at radius 1 is 1.40 bits per heavy atom. The van der Waals surface area contributed by atoms with Crippen LogP contribution in [0.15, 0.2) is 30.3 Å². The number of carboxylic acids is 1. The predicted octanol–water partition coefficient (Wildman–Crippen LogP) is 0.612. The molecule has 0 bridgehead atoms. The van der Waals surface area contributed by atoms with Crippen LogP contribution in [0.1, 0.15) is 12.5 Å². The van der Waals surface area contributed by atoms with E-state index in [0.717, 1.165) is 5.56 Å². The number of carbonyl (C=O) groups is 1. The SMILES string of the molecule is C[C@](CO)(NCc1ccccc1)C(=O)O. The monoisotopic (exact) mass is 209 g/mol. The second-order valence-electron chi connectivity index (χ2n) is 3.63. The first-order valence-corrected chi connectivity index (χ1v) is 4.72. The lowest BCUT2D eigenvalue weighted by Gasteiger charge is -2.23. The third-order valence-corrected chi connectivity index (χ3v) is 2.31. The maximum Gasteiger partial charge on any atom is 0.326 e. The van der Waals surface area contributed by atoms with Crippen molar-refractivity contribution in [1.82, 2.24) is 5.32 Å². The molecule has 1 rings (SSSR count). The summed E-state index contributed by atoms with van der Waals surface area (Å²) in [5.41, 5.74) is -0.297. The second-order valence-corrected chi connectivity index (χ2v) is 3.63. The van der Waals surface area contributed by atoms with Crippen LogP contribution in [0, 0.1) is 0 Å². The fraction of sp³-hybridized carbons (Fsp3) is 0.364. The molecule has 4 nitrogen and oxygen atoms in total. The lowest BCUT2D eigenvalue weighted by Crippen LogP contribution is -2.52. The predicted molar refractivity (Wildman–Crippen MR) is 56.4 cm³/mol. The molecule has 0 aliphatic heterocycles. The Kier molecular flexibility index (Phi) is 3.82. The highest BCUT2D eigenvalue weighted by Gasteiger charge is 2.31. The van der Waals surface area contributed by atoms with Gasteiger partial charge in [0, 0.05) is 6.54 Å². The number of aliphatic carboxylic acids is 1. The van der Waals surface area contributed by atoms with Crippen molar-refractivity contribution in [2.75, 3.05) is 6.61 Å². The summed E-state index contributed by atoms with van der Waals surface area (Å²) in [5.74, 6) is -1.05. The van der Waals surface area contributed by atoms with Crippen LogP contribution < -0.4 is 5.32 Å². The van der Waals surface area contributed by atoms with Gasteiger partial charge in [-0.2, -0.15) is 0 Å². The lowest BCUT2D eigenvalue weighted by molar-refractivity contribution is -0.145. The second kappa shape index (κ2) is 4.91. The van der Waals surface area contributed by atoms with Gasteiger partial charge in [0.1, 0.15) is 5.54 Å². The fourth-order valence-corrected chi connectivity index (χ4v) is 1.09. The number of aliphatic hydroxyl groups excluding tert-OH is 1. The average molecular weight is 209 g/mol. The molecule has 1 atom stereocenters. The summed E-state index contributed by atoms with van der Waals surface area (Å²) in [4.78, 5) is 10.9. The topological polar surface area (TPSA) is 69.6 Å². The Balaban J connectivity index is 2.59. The third kappa shape index (κ3) is 3.04. The van der Waals surface area contributed by atoms with Gasteiger partial charge >= 0.3 is 5.97 Å². The van der Waals surface area contributed by atoms with Gasteiger partial charge in [-0.05, 0) is 12.5 Å². The molecule has 1 aromatic carbocycles. The standard InChI is InChI=1S/C11H15NO3/c1-11(8-13,10(14)15)12-7-9-5-3-2-4-6-9/h2-6,12-13H,7-8H2,1H3,(H,14,15)/t11-/m1/s1. The minimum absolute atomic E-state index is 0.421. The molecule has 0 heterocycles. The zero-order valence-electron chi connectivity index (χ0n) is 8.60. The van der Waals surface area contributed by atoms with Crippen LogP contribution in [-0.4, -0.2) is 28.3 Å². The highest BCUT2D eigenvalue weighted by Crippen LogP contribution is 2.05. The molecule has 15 heavy (non-hydrogen) atoms. The van der Waals surface area contributed by atoms with Crippen molar-refractivity contribution in [3.8, 4) is 0 Å². The number of rotatable bonds is 5. The van der Waals surface area contributed by atoms with Crippen molar-refractivity contribution < 1.29 is 15.0 Å². The molecule has 0 aromatic heterocycles. The third-order valence-electron chi connectivity index (χ3n) is 2.31. The normalized spacial score (nSPS) is 14.5. The van der Waals surface area contributed by atoms with Gasteiger partial charge in [-0.1, -0.05) is 30.3 Å². The van der Waals surface area contributed by atoms with Crippen LogP contribution in [-0.2, 0) is 11.3 Å². The zero-order chi connectivity index (χ0) is 11.3. The largest absolute Gasteiger partial charge is 0.480 e. The van der Waals surface area contributed by atoms with E-state index in [9.17, 15) is 4.79 Å². The Bertz CT molecular complexity index is 326. The number of aliphatic hydroxyl groups is 1. The molecule has 0 aliphatic rings. The average Bonchev–Trinajstić information content (AvgIpc) is 2.27. The van der Waals surface area contributed by atoms with Gasteiger partial charge in [0.05, 0.1) is 6.61 Å². The highest BCUT2D eigenvalue weighted by molar-refractivity contribution is 5.78. The molecule has 0 saturated heterocycles. The van der Waals surface area contributed by atoms with Crippen LogP contribution in [0.25, 0.3) is 0 Å². The van der Waals surface area contributed by atoms with Crippen LogP contribution in [0.2, 0.25) is 0 Å².